The summed E-state index contributed by atoms with van der Waals surface area (Å²) < 4.78 is 1.85. The van der Waals surface area contributed by atoms with Gasteiger partial charge in [0.05, 0.1) is 5.69 Å². The standard InChI is InChI=1S/C16H20ClN3/c1-20-11-9-15(19-20)8-10-18-16(12-2-3-12)13-4-6-14(17)7-5-13/h4-7,9,11-12,16,18H,2-3,8,10H2,1H3. The molecule has 0 aliphatic heterocycles. The second-order valence-corrected chi connectivity index (χ2v) is 5.99. The zero-order chi connectivity index (χ0) is 13.9. The first-order valence-corrected chi connectivity index (χ1v) is 7.57. The molecule has 20 heavy (non-hydrogen) atoms. The summed E-state index contributed by atoms with van der Waals surface area (Å²) in [6, 6.07) is 10.8. The number of hydrogen-bond donors (Lipinski definition) is 1. The number of halogens is 1. The average Bonchev–Trinajstić information content (AvgIpc) is 3.19. The lowest BCUT2D eigenvalue weighted by atomic mass is 10.0. The third-order valence-corrected chi connectivity index (χ3v) is 4.09. The maximum atomic E-state index is 5.97. The molecule has 0 radical (unpaired) electrons. The molecule has 1 saturated carbocycles. The zero-order valence-electron chi connectivity index (χ0n) is 11.7. The largest absolute Gasteiger partial charge is 0.309 e. The molecule has 4 heteroatoms. The summed E-state index contributed by atoms with van der Waals surface area (Å²) in [5, 5.41) is 8.90. The third kappa shape index (κ3) is 3.41. The molecule has 1 atom stereocenters. The highest BCUT2D eigenvalue weighted by molar-refractivity contribution is 6.30. The lowest BCUT2D eigenvalue weighted by Gasteiger charge is -2.18. The Morgan fingerprint density at radius 1 is 1.30 bits per heavy atom. The normalized spacial score (nSPS) is 16.3. The van der Waals surface area contributed by atoms with Gasteiger partial charge in [-0.15, -0.1) is 0 Å². The van der Waals surface area contributed by atoms with E-state index in [1.165, 1.54) is 18.4 Å². The fourth-order valence-corrected chi connectivity index (χ4v) is 2.73. The predicted octanol–water partition coefficient (Wildman–Crippen LogP) is 3.36. The van der Waals surface area contributed by atoms with Crippen molar-refractivity contribution in [3.63, 3.8) is 0 Å². The van der Waals surface area contributed by atoms with E-state index in [2.05, 4.69) is 28.6 Å². The SMILES string of the molecule is Cn1ccc(CCNC(c2ccc(Cl)cc2)C2CC2)n1. The van der Waals surface area contributed by atoms with Gasteiger partial charge in [0.2, 0.25) is 0 Å². The highest BCUT2D eigenvalue weighted by Gasteiger charge is 2.31. The van der Waals surface area contributed by atoms with E-state index in [0.717, 1.165) is 29.6 Å². The summed E-state index contributed by atoms with van der Waals surface area (Å²) >= 11 is 5.97. The van der Waals surface area contributed by atoms with Gasteiger partial charge in [-0.2, -0.15) is 5.10 Å². The van der Waals surface area contributed by atoms with Gasteiger partial charge >= 0.3 is 0 Å². The van der Waals surface area contributed by atoms with Crippen LogP contribution in [0.25, 0.3) is 0 Å². The lowest BCUT2D eigenvalue weighted by Crippen LogP contribution is -2.25. The highest BCUT2D eigenvalue weighted by Crippen LogP contribution is 2.41. The molecule has 1 aliphatic carbocycles. The van der Waals surface area contributed by atoms with Crippen molar-refractivity contribution < 1.29 is 0 Å². The van der Waals surface area contributed by atoms with Crippen LogP contribution in [0, 0.1) is 5.92 Å². The van der Waals surface area contributed by atoms with E-state index in [0.29, 0.717) is 6.04 Å². The van der Waals surface area contributed by atoms with Crippen LogP contribution in [-0.4, -0.2) is 16.3 Å². The maximum absolute atomic E-state index is 5.97. The summed E-state index contributed by atoms with van der Waals surface area (Å²) in [7, 11) is 1.96. The van der Waals surface area contributed by atoms with Crippen LogP contribution in [0.4, 0.5) is 0 Å². The van der Waals surface area contributed by atoms with Crippen molar-refractivity contribution in [1.29, 1.82) is 0 Å². The Bertz CT molecular complexity index is 557. The Hall–Kier alpha value is -1.32. The van der Waals surface area contributed by atoms with E-state index in [4.69, 9.17) is 11.6 Å². The van der Waals surface area contributed by atoms with Crippen LogP contribution >= 0.6 is 11.6 Å². The van der Waals surface area contributed by atoms with Gasteiger partial charge in [0.25, 0.3) is 0 Å². The van der Waals surface area contributed by atoms with Crippen molar-refractivity contribution in [3.05, 3.63) is 52.8 Å². The molecule has 3 nitrogen and oxygen atoms in total. The van der Waals surface area contributed by atoms with Gasteiger partial charge in [-0.25, -0.2) is 0 Å². The van der Waals surface area contributed by atoms with Crippen molar-refractivity contribution in [2.75, 3.05) is 6.54 Å². The molecule has 1 fully saturated rings. The van der Waals surface area contributed by atoms with Gasteiger partial charge in [0.1, 0.15) is 0 Å². The topological polar surface area (TPSA) is 29.9 Å². The van der Waals surface area contributed by atoms with Gasteiger partial charge in [0.15, 0.2) is 0 Å². The minimum absolute atomic E-state index is 0.455. The van der Waals surface area contributed by atoms with Crippen LogP contribution in [0.3, 0.4) is 0 Å². The third-order valence-electron chi connectivity index (χ3n) is 3.84. The van der Waals surface area contributed by atoms with E-state index in [1.807, 2.05) is 30.1 Å². The van der Waals surface area contributed by atoms with Crippen LogP contribution in [0.2, 0.25) is 5.02 Å². The Morgan fingerprint density at radius 2 is 2.05 bits per heavy atom. The minimum Gasteiger partial charge on any atom is -0.309 e. The summed E-state index contributed by atoms with van der Waals surface area (Å²) in [6.07, 6.45) is 5.61. The number of benzene rings is 1. The molecule has 1 unspecified atom stereocenters. The van der Waals surface area contributed by atoms with Crippen LogP contribution in [0.5, 0.6) is 0 Å². The summed E-state index contributed by atoms with van der Waals surface area (Å²) in [4.78, 5) is 0. The van der Waals surface area contributed by atoms with E-state index in [9.17, 15) is 0 Å². The van der Waals surface area contributed by atoms with Crippen LogP contribution < -0.4 is 5.32 Å². The van der Waals surface area contributed by atoms with Crippen LogP contribution in [0.15, 0.2) is 36.5 Å². The number of hydrogen-bond acceptors (Lipinski definition) is 2. The van der Waals surface area contributed by atoms with Gasteiger partial charge in [0, 0.05) is 37.3 Å². The lowest BCUT2D eigenvalue weighted by molar-refractivity contribution is 0.482. The molecule has 1 heterocycles. The first kappa shape index (κ1) is 13.7. The molecule has 1 aliphatic rings. The maximum Gasteiger partial charge on any atom is 0.0637 e. The fraction of sp³-hybridized carbons (Fsp3) is 0.438. The van der Waals surface area contributed by atoms with Crippen molar-refractivity contribution in [1.82, 2.24) is 15.1 Å². The van der Waals surface area contributed by atoms with Crippen molar-refractivity contribution in [3.8, 4) is 0 Å². The number of aryl methyl sites for hydroxylation is 1. The molecule has 1 aromatic carbocycles. The van der Waals surface area contributed by atoms with Crippen LogP contribution in [-0.2, 0) is 13.5 Å². The first-order valence-electron chi connectivity index (χ1n) is 7.20. The van der Waals surface area contributed by atoms with Gasteiger partial charge < -0.3 is 5.32 Å². The highest BCUT2D eigenvalue weighted by atomic mass is 35.5. The Kier molecular flexibility index (Phi) is 4.08. The summed E-state index contributed by atoms with van der Waals surface area (Å²) in [5.74, 6) is 0.778. The summed E-state index contributed by atoms with van der Waals surface area (Å²) in [5.41, 5.74) is 2.49. The minimum atomic E-state index is 0.455. The Balaban J connectivity index is 1.59. The van der Waals surface area contributed by atoms with Crippen molar-refractivity contribution >= 4 is 11.6 Å². The number of aromatic nitrogens is 2. The second-order valence-electron chi connectivity index (χ2n) is 5.55. The van der Waals surface area contributed by atoms with Crippen molar-refractivity contribution in [2.45, 2.75) is 25.3 Å². The van der Waals surface area contributed by atoms with E-state index >= 15 is 0 Å². The molecule has 1 N–H and O–H groups in total. The smallest absolute Gasteiger partial charge is 0.0637 e. The molecule has 2 aromatic rings. The molecule has 0 saturated heterocycles. The van der Waals surface area contributed by atoms with E-state index in [-0.39, 0.29) is 0 Å². The predicted molar refractivity (Wildman–Crippen MR) is 81.8 cm³/mol. The van der Waals surface area contributed by atoms with Crippen LogP contribution in [0.1, 0.15) is 30.1 Å². The van der Waals surface area contributed by atoms with Gasteiger partial charge in [-0.1, -0.05) is 23.7 Å². The molecule has 106 valence electrons. The average molecular weight is 290 g/mol. The number of nitrogens with zero attached hydrogens (tertiary/aromatic N) is 2. The zero-order valence-corrected chi connectivity index (χ0v) is 12.5. The molecular formula is C16H20ClN3. The monoisotopic (exact) mass is 289 g/mol. The second kappa shape index (κ2) is 5.98. The van der Waals surface area contributed by atoms with E-state index in [1.54, 1.807) is 0 Å². The quantitative estimate of drug-likeness (QED) is 0.884. The van der Waals surface area contributed by atoms with Gasteiger partial charge in [-0.05, 0) is 42.5 Å². The first-order chi connectivity index (χ1) is 9.72. The summed E-state index contributed by atoms with van der Waals surface area (Å²) in [6.45, 7) is 0.959. The van der Waals surface area contributed by atoms with Gasteiger partial charge in [-0.3, -0.25) is 4.68 Å². The number of rotatable bonds is 6. The molecule has 0 amide bonds. The molecule has 0 spiro atoms. The van der Waals surface area contributed by atoms with Crippen molar-refractivity contribution in [2.24, 2.45) is 13.0 Å². The molecular weight excluding hydrogens is 270 g/mol. The molecule has 3 rings (SSSR count). The number of nitrogens with one attached hydrogen (secondary N) is 1. The fourth-order valence-electron chi connectivity index (χ4n) is 2.61. The Morgan fingerprint density at radius 3 is 2.65 bits per heavy atom. The Labute approximate surface area is 124 Å². The molecule has 0 bridgehead atoms. The molecule has 1 aromatic heterocycles. The van der Waals surface area contributed by atoms with E-state index < -0.39 is 0 Å².